The zero-order valence-electron chi connectivity index (χ0n) is 17.1. The summed E-state index contributed by atoms with van der Waals surface area (Å²) in [6, 6.07) is 8.01. The average molecular weight is 398 g/mol. The highest BCUT2D eigenvalue weighted by Gasteiger charge is 2.51. The van der Waals surface area contributed by atoms with Crippen LogP contribution in [0.2, 0.25) is 0 Å². The smallest absolute Gasteiger partial charge is 0.323 e. The Labute approximate surface area is 170 Å². The van der Waals surface area contributed by atoms with Crippen LogP contribution in [-0.4, -0.2) is 50.9 Å². The lowest BCUT2D eigenvalue weighted by Gasteiger charge is -2.27. The van der Waals surface area contributed by atoms with Crippen LogP contribution in [0.15, 0.2) is 36.9 Å². The largest absolute Gasteiger partial charge is 0.329 e. The van der Waals surface area contributed by atoms with E-state index in [1.807, 2.05) is 19.2 Å². The van der Waals surface area contributed by atoms with Crippen molar-refractivity contribution < 1.29 is 14.5 Å². The van der Waals surface area contributed by atoms with Gasteiger partial charge in [-0.3, -0.25) is 4.79 Å². The van der Waals surface area contributed by atoms with Gasteiger partial charge in [-0.15, -0.1) is 0 Å². The number of urea groups is 1. The van der Waals surface area contributed by atoms with E-state index in [1.54, 1.807) is 11.0 Å². The molecule has 1 aromatic heterocycles. The molecule has 1 saturated carbocycles. The molecule has 2 aromatic rings. The molecule has 2 atom stereocenters. The molecular weight excluding hydrogens is 368 g/mol. The van der Waals surface area contributed by atoms with Gasteiger partial charge in [-0.2, -0.15) is 5.10 Å². The highest BCUT2D eigenvalue weighted by atomic mass is 16.2. The number of rotatable bonds is 5. The summed E-state index contributed by atoms with van der Waals surface area (Å²) in [5, 5.41) is 7.17. The van der Waals surface area contributed by atoms with Crippen LogP contribution in [0.25, 0.3) is 5.69 Å². The summed E-state index contributed by atoms with van der Waals surface area (Å²) >= 11 is 0. The molecule has 4 rings (SSSR count). The quantitative estimate of drug-likeness (QED) is 0.748. The molecule has 1 aliphatic heterocycles. The summed E-state index contributed by atoms with van der Waals surface area (Å²) in [5.74, 6) is -0.0440. The van der Waals surface area contributed by atoms with E-state index in [9.17, 15) is 9.59 Å². The van der Waals surface area contributed by atoms with E-state index < -0.39 is 5.54 Å². The molecule has 1 unspecified atom stereocenters. The summed E-state index contributed by atoms with van der Waals surface area (Å²) in [7, 11) is 2.02. The van der Waals surface area contributed by atoms with Crippen molar-refractivity contribution in [1.82, 2.24) is 25.0 Å². The van der Waals surface area contributed by atoms with Gasteiger partial charge in [0.1, 0.15) is 24.2 Å². The molecule has 154 valence electrons. The van der Waals surface area contributed by atoms with Gasteiger partial charge in [0, 0.05) is 5.56 Å². The van der Waals surface area contributed by atoms with Crippen LogP contribution in [0.4, 0.5) is 4.79 Å². The predicted molar refractivity (Wildman–Crippen MR) is 107 cm³/mol. The van der Waals surface area contributed by atoms with E-state index in [0.29, 0.717) is 6.67 Å². The van der Waals surface area contributed by atoms with Crippen LogP contribution in [0, 0.1) is 0 Å². The molecule has 2 fully saturated rings. The first-order valence-electron chi connectivity index (χ1n) is 10.4. The summed E-state index contributed by atoms with van der Waals surface area (Å²) in [6.07, 6.45) is 8.95. The van der Waals surface area contributed by atoms with Crippen LogP contribution < -0.4 is 10.2 Å². The van der Waals surface area contributed by atoms with Gasteiger partial charge in [0.25, 0.3) is 5.91 Å². The monoisotopic (exact) mass is 397 g/mol. The number of hydrogen-bond acceptors (Lipinski definition) is 4. The Hall–Kier alpha value is -2.74. The predicted octanol–water partition coefficient (Wildman–Crippen LogP) is 1.45. The van der Waals surface area contributed by atoms with Gasteiger partial charge in [-0.05, 0) is 31.9 Å². The van der Waals surface area contributed by atoms with Crippen molar-refractivity contribution in [2.45, 2.75) is 57.0 Å². The maximum absolute atomic E-state index is 13.1. The summed E-state index contributed by atoms with van der Waals surface area (Å²) in [6.45, 7) is 2.47. The van der Waals surface area contributed by atoms with Gasteiger partial charge in [0.2, 0.25) is 0 Å². The van der Waals surface area contributed by atoms with Crippen LogP contribution >= 0.6 is 0 Å². The molecule has 3 amide bonds. The number of quaternary nitrogens is 1. The maximum Gasteiger partial charge on any atom is 0.329 e. The van der Waals surface area contributed by atoms with Crippen molar-refractivity contribution in [3.05, 3.63) is 42.5 Å². The van der Waals surface area contributed by atoms with Gasteiger partial charge in [0.15, 0.2) is 6.67 Å². The number of benzene rings is 1. The van der Waals surface area contributed by atoms with Gasteiger partial charge < -0.3 is 10.2 Å². The third-order valence-electron chi connectivity index (χ3n) is 6.43. The van der Waals surface area contributed by atoms with E-state index in [0.717, 1.165) is 54.7 Å². The first-order chi connectivity index (χ1) is 14.0. The van der Waals surface area contributed by atoms with E-state index in [-0.39, 0.29) is 18.0 Å². The highest BCUT2D eigenvalue weighted by molar-refractivity contribution is 6.06. The fourth-order valence-electron chi connectivity index (χ4n) is 4.42. The number of aromatic nitrogens is 3. The molecule has 2 N–H and O–H groups in total. The Morgan fingerprint density at radius 2 is 1.83 bits per heavy atom. The van der Waals surface area contributed by atoms with Gasteiger partial charge in [-0.25, -0.2) is 19.4 Å². The number of carbonyl (C=O) groups is 2. The van der Waals surface area contributed by atoms with Crippen molar-refractivity contribution >= 4 is 11.9 Å². The molecule has 1 saturated heterocycles. The van der Waals surface area contributed by atoms with Crippen molar-refractivity contribution in [2.24, 2.45) is 0 Å². The molecule has 1 aliphatic carbocycles. The molecule has 0 bridgehead atoms. The van der Waals surface area contributed by atoms with Gasteiger partial charge in [-0.1, -0.05) is 37.8 Å². The highest BCUT2D eigenvalue weighted by Crippen LogP contribution is 2.32. The minimum absolute atomic E-state index is 0.0440. The van der Waals surface area contributed by atoms with Crippen molar-refractivity contribution in [2.75, 3.05) is 13.7 Å². The first-order valence-corrected chi connectivity index (χ1v) is 10.4. The van der Waals surface area contributed by atoms with Crippen molar-refractivity contribution in [1.29, 1.82) is 0 Å². The summed E-state index contributed by atoms with van der Waals surface area (Å²) in [4.78, 5) is 32.2. The molecule has 29 heavy (non-hydrogen) atoms. The lowest BCUT2D eigenvalue weighted by atomic mass is 9.90. The second-order valence-corrected chi connectivity index (χ2v) is 8.32. The number of nitrogens with one attached hydrogen (secondary N) is 2. The molecule has 1 spiro atoms. The minimum atomic E-state index is -0.670. The first kappa shape index (κ1) is 19.6. The fraction of sp³-hybridized carbons (Fsp3) is 0.524. The number of carbonyl (C=O) groups excluding carboxylic acids is 2. The zero-order chi connectivity index (χ0) is 20.4. The minimum Gasteiger partial charge on any atom is -0.323 e. The summed E-state index contributed by atoms with van der Waals surface area (Å²) < 4.78 is 1.71. The Balaban J connectivity index is 1.43. The van der Waals surface area contributed by atoms with E-state index in [1.165, 1.54) is 11.2 Å². The average Bonchev–Trinajstić information content (AvgIpc) is 3.26. The standard InChI is InChI=1S/C21H28N6O2/c1-16(17-7-9-18(10-8-17)27-14-22-13-23-27)25(2)15-26-19(28)21(24-20(26)29)11-5-3-4-6-12-21/h7-10,13-14,16H,3-6,11-12,15H2,1-2H3,(H,24,29)/p+1/t16-/m1/s1. The molecular formula is C21H29N6O2+. The lowest BCUT2D eigenvalue weighted by Crippen LogP contribution is -3.10. The molecule has 2 heterocycles. The molecule has 8 heteroatoms. The molecule has 8 nitrogen and oxygen atoms in total. The van der Waals surface area contributed by atoms with Gasteiger partial charge in [0.05, 0.1) is 12.7 Å². The van der Waals surface area contributed by atoms with E-state index >= 15 is 0 Å². The van der Waals surface area contributed by atoms with Crippen LogP contribution in [0.3, 0.4) is 0 Å². The van der Waals surface area contributed by atoms with Crippen molar-refractivity contribution in [3.8, 4) is 5.69 Å². The zero-order valence-corrected chi connectivity index (χ0v) is 17.1. The van der Waals surface area contributed by atoms with Gasteiger partial charge >= 0.3 is 6.03 Å². The Morgan fingerprint density at radius 1 is 1.14 bits per heavy atom. The van der Waals surface area contributed by atoms with E-state index in [4.69, 9.17) is 0 Å². The maximum atomic E-state index is 13.1. The SMILES string of the molecule is C[C@H](c1ccc(-n2cncn2)cc1)[NH+](C)CN1C(=O)NC2(CCCCCC2)C1=O. The Morgan fingerprint density at radius 3 is 2.45 bits per heavy atom. The molecule has 1 aromatic carbocycles. The normalized spacial score (nSPS) is 21.1. The Bertz CT molecular complexity index is 856. The number of imide groups is 1. The fourth-order valence-corrected chi connectivity index (χ4v) is 4.42. The van der Waals surface area contributed by atoms with E-state index in [2.05, 4.69) is 34.5 Å². The number of nitrogens with zero attached hydrogens (tertiary/aromatic N) is 4. The Kier molecular flexibility index (Phi) is 5.36. The van der Waals surface area contributed by atoms with Crippen LogP contribution in [-0.2, 0) is 4.79 Å². The molecule has 2 aliphatic rings. The van der Waals surface area contributed by atoms with Crippen LogP contribution in [0.1, 0.15) is 57.1 Å². The second-order valence-electron chi connectivity index (χ2n) is 8.32. The number of hydrogen-bond donors (Lipinski definition) is 2. The third kappa shape index (κ3) is 3.76. The van der Waals surface area contributed by atoms with Crippen LogP contribution in [0.5, 0.6) is 0 Å². The topological polar surface area (TPSA) is 84.6 Å². The third-order valence-corrected chi connectivity index (χ3v) is 6.43. The lowest BCUT2D eigenvalue weighted by molar-refractivity contribution is -0.917. The number of amides is 3. The van der Waals surface area contributed by atoms with Crippen molar-refractivity contribution in [3.63, 3.8) is 0 Å². The molecule has 0 radical (unpaired) electrons. The summed E-state index contributed by atoms with van der Waals surface area (Å²) in [5.41, 5.74) is 1.42. The second kappa shape index (κ2) is 7.94.